The number of hydrogen-bond donors (Lipinski definition) is 1. The van der Waals surface area contributed by atoms with Crippen molar-refractivity contribution in [3.8, 4) is 5.75 Å². The standard InChI is InChI=1S/C11H17NOS/c1-3-13-11-7-5-4-6-10(11)12-8-9-14-2/h4-7,12H,3,8-9H2,1-2H3. The Kier molecular flexibility index (Phi) is 5.30. The molecule has 0 bridgehead atoms. The first-order valence-electron chi connectivity index (χ1n) is 4.83. The van der Waals surface area contributed by atoms with E-state index in [0.717, 1.165) is 23.7 Å². The highest BCUT2D eigenvalue weighted by molar-refractivity contribution is 7.98. The van der Waals surface area contributed by atoms with E-state index >= 15 is 0 Å². The van der Waals surface area contributed by atoms with Crippen LogP contribution in [0.25, 0.3) is 0 Å². The van der Waals surface area contributed by atoms with Gasteiger partial charge in [0.15, 0.2) is 0 Å². The number of rotatable bonds is 6. The van der Waals surface area contributed by atoms with Crippen LogP contribution in [0.3, 0.4) is 0 Å². The van der Waals surface area contributed by atoms with Crippen molar-refractivity contribution >= 4 is 17.4 Å². The molecule has 1 aromatic carbocycles. The highest BCUT2D eigenvalue weighted by Gasteiger charge is 1.99. The molecular weight excluding hydrogens is 194 g/mol. The van der Waals surface area contributed by atoms with E-state index in [1.165, 1.54) is 0 Å². The number of para-hydroxylation sites is 2. The maximum absolute atomic E-state index is 5.50. The molecule has 0 atom stereocenters. The Morgan fingerprint density at radius 2 is 2.14 bits per heavy atom. The molecule has 0 saturated carbocycles. The number of benzene rings is 1. The molecule has 3 heteroatoms. The minimum absolute atomic E-state index is 0.710. The molecule has 0 aliphatic rings. The average molecular weight is 211 g/mol. The largest absolute Gasteiger partial charge is 0.492 e. The first-order valence-corrected chi connectivity index (χ1v) is 6.22. The lowest BCUT2D eigenvalue weighted by atomic mass is 10.3. The monoisotopic (exact) mass is 211 g/mol. The molecule has 0 heterocycles. The lowest BCUT2D eigenvalue weighted by Gasteiger charge is -2.11. The first-order chi connectivity index (χ1) is 6.88. The molecule has 0 aliphatic heterocycles. The second-order valence-electron chi connectivity index (χ2n) is 2.85. The summed E-state index contributed by atoms with van der Waals surface area (Å²) in [5, 5.41) is 3.35. The fraction of sp³-hybridized carbons (Fsp3) is 0.455. The van der Waals surface area contributed by atoms with Gasteiger partial charge in [0, 0.05) is 12.3 Å². The van der Waals surface area contributed by atoms with Crippen LogP contribution in [-0.4, -0.2) is 25.2 Å². The molecule has 0 saturated heterocycles. The molecule has 1 aromatic rings. The van der Waals surface area contributed by atoms with E-state index < -0.39 is 0 Å². The fourth-order valence-electron chi connectivity index (χ4n) is 1.18. The Balaban J connectivity index is 2.55. The van der Waals surface area contributed by atoms with Gasteiger partial charge in [-0.1, -0.05) is 12.1 Å². The van der Waals surface area contributed by atoms with Crippen molar-refractivity contribution in [1.82, 2.24) is 0 Å². The van der Waals surface area contributed by atoms with E-state index in [2.05, 4.69) is 11.6 Å². The summed E-state index contributed by atoms with van der Waals surface area (Å²) in [7, 11) is 0. The SMILES string of the molecule is CCOc1ccccc1NCCSC. The molecule has 78 valence electrons. The molecule has 1 rings (SSSR count). The number of anilines is 1. The van der Waals surface area contributed by atoms with Crippen molar-refractivity contribution in [2.24, 2.45) is 0 Å². The molecule has 0 amide bonds. The van der Waals surface area contributed by atoms with Gasteiger partial charge in [0.2, 0.25) is 0 Å². The van der Waals surface area contributed by atoms with Crippen molar-refractivity contribution in [3.05, 3.63) is 24.3 Å². The Morgan fingerprint density at radius 3 is 2.86 bits per heavy atom. The lowest BCUT2D eigenvalue weighted by molar-refractivity contribution is 0.342. The molecule has 0 unspecified atom stereocenters. The maximum Gasteiger partial charge on any atom is 0.142 e. The summed E-state index contributed by atoms with van der Waals surface area (Å²) in [6, 6.07) is 8.05. The van der Waals surface area contributed by atoms with Gasteiger partial charge in [-0.3, -0.25) is 0 Å². The summed E-state index contributed by atoms with van der Waals surface area (Å²) in [5.41, 5.74) is 1.09. The Morgan fingerprint density at radius 1 is 1.36 bits per heavy atom. The van der Waals surface area contributed by atoms with Crippen molar-refractivity contribution < 1.29 is 4.74 Å². The Labute approximate surface area is 90.0 Å². The van der Waals surface area contributed by atoms with Crippen molar-refractivity contribution in [2.75, 3.05) is 30.5 Å². The molecular formula is C11H17NOS. The van der Waals surface area contributed by atoms with E-state index in [9.17, 15) is 0 Å². The normalized spacial score (nSPS) is 9.86. The second-order valence-corrected chi connectivity index (χ2v) is 3.83. The molecule has 0 aromatic heterocycles. The summed E-state index contributed by atoms with van der Waals surface area (Å²) < 4.78 is 5.50. The number of ether oxygens (including phenoxy) is 1. The molecule has 0 radical (unpaired) electrons. The van der Waals surface area contributed by atoms with Gasteiger partial charge in [-0.15, -0.1) is 0 Å². The molecule has 1 N–H and O–H groups in total. The van der Waals surface area contributed by atoms with E-state index in [4.69, 9.17) is 4.74 Å². The second kappa shape index (κ2) is 6.60. The zero-order chi connectivity index (χ0) is 10.2. The highest BCUT2D eigenvalue weighted by Crippen LogP contribution is 2.23. The van der Waals surface area contributed by atoms with Crippen LogP contribution in [-0.2, 0) is 0 Å². The van der Waals surface area contributed by atoms with Crippen LogP contribution >= 0.6 is 11.8 Å². The van der Waals surface area contributed by atoms with Crippen LogP contribution in [0.15, 0.2) is 24.3 Å². The molecule has 0 spiro atoms. The highest BCUT2D eigenvalue weighted by atomic mass is 32.2. The van der Waals surface area contributed by atoms with Gasteiger partial charge >= 0.3 is 0 Å². The van der Waals surface area contributed by atoms with Gasteiger partial charge in [-0.25, -0.2) is 0 Å². The van der Waals surface area contributed by atoms with Crippen LogP contribution in [0.2, 0.25) is 0 Å². The van der Waals surface area contributed by atoms with E-state index in [1.54, 1.807) is 0 Å². The van der Waals surface area contributed by atoms with Crippen LogP contribution in [0, 0.1) is 0 Å². The maximum atomic E-state index is 5.50. The van der Waals surface area contributed by atoms with Gasteiger partial charge < -0.3 is 10.1 Å². The average Bonchev–Trinajstić information content (AvgIpc) is 2.21. The van der Waals surface area contributed by atoms with Crippen LogP contribution < -0.4 is 10.1 Å². The Bertz CT molecular complexity index is 265. The predicted octanol–water partition coefficient (Wildman–Crippen LogP) is 2.86. The number of thioether (sulfide) groups is 1. The van der Waals surface area contributed by atoms with Crippen molar-refractivity contribution in [1.29, 1.82) is 0 Å². The molecule has 0 aliphatic carbocycles. The number of hydrogen-bond acceptors (Lipinski definition) is 3. The summed E-state index contributed by atoms with van der Waals surface area (Å²) in [6.45, 7) is 3.69. The van der Waals surface area contributed by atoms with Crippen LogP contribution in [0.4, 0.5) is 5.69 Å². The third kappa shape index (κ3) is 3.50. The van der Waals surface area contributed by atoms with Crippen molar-refractivity contribution in [3.63, 3.8) is 0 Å². The van der Waals surface area contributed by atoms with Crippen LogP contribution in [0.1, 0.15) is 6.92 Å². The van der Waals surface area contributed by atoms with Gasteiger partial charge in [0.1, 0.15) is 5.75 Å². The van der Waals surface area contributed by atoms with Gasteiger partial charge in [0.05, 0.1) is 12.3 Å². The minimum atomic E-state index is 0.710. The van der Waals surface area contributed by atoms with Crippen LogP contribution in [0.5, 0.6) is 5.75 Å². The quantitative estimate of drug-likeness (QED) is 0.731. The summed E-state index contributed by atoms with van der Waals surface area (Å²) >= 11 is 1.84. The summed E-state index contributed by atoms with van der Waals surface area (Å²) in [6.07, 6.45) is 2.11. The molecule has 0 fully saturated rings. The van der Waals surface area contributed by atoms with Gasteiger partial charge in [-0.05, 0) is 25.3 Å². The molecule has 14 heavy (non-hydrogen) atoms. The first kappa shape index (κ1) is 11.2. The van der Waals surface area contributed by atoms with E-state index in [1.807, 2.05) is 43.0 Å². The predicted molar refractivity (Wildman–Crippen MR) is 64.5 cm³/mol. The topological polar surface area (TPSA) is 21.3 Å². The lowest BCUT2D eigenvalue weighted by Crippen LogP contribution is -2.05. The smallest absolute Gasteiger partial charge is 0.142 e. The summed E-state index contributed by atoms with van der Waals surface area (Å²) in [4.78, 5) is 0. The Hall–Kier alpha value is -0.830. The zero-order valence-corrected chi connectivity index (χ0v) is 9.56. The third-order valence-electron chi connectivity index (χ3n) is 1.81. The summed E-state index contributed by atoms with van der Waals surface area (Å²) in [5.74, 6) is 2.05. The third-order valence-corrected chi connectivity index (χ3v) is 2.42. The fourth-order valence-corrected chi connectivity index (χ4v) is 1.49. The van der Waals surface area contributed by atoms with E-state index in [0.29, 0.717) is 6.61 Å². The van der Waals surface area contributed by atoms with Gasteiger partial charge in [0.25, 0.3) is 0 Å². The number of nitrogens with one attached hydrogen (secondary N) is 1. The molecule has 2 nitrogen and oxygen atoms in total. The van der Waals surface area contributed by atoms with Gasteiger partial charge in [-0.2, -0.15) is 11.8 Å². The van der Waals surface area contributed by atoms with E-state index in [-0.39, 0.29) is 0 Å². The minimum Gasteiger partial charge on any atom is -0.492 e. The van der Waals surface area contributed by atoms with Crippen molar-refractivity contribution in [2.45, 2.75) is 6.92 Å². The zero-order valence-electron chi connectivity index (χ0n) is 8.75.